The maximum Gasteiger partial charge on any atom is 0.0784 e. The van der Waals surface area contributed by atoms with Gasteiger partial charge in [-0.15, -0.1) is 0 Å². The molecular formula is C12H14ClNO. The first-order chi connectivity index (χ1) is 7.25. The smallest absolute Gasteiger partial charge is 0.0784 e. The second-order valence-corrected chi connectivity index (χ2v) is 4.82. The van der Waals surface area contributed by atoms with Crippen molar-refractivity contribution in [3.05, 3.63) is 33.8 Å². The average Bonchev–Trinajstić information content (AvgIpc) is 2.68. The summed E-state index contributed by atoms with van der Waals surface area (Å²) in [5.41, 5.74) is 3.83. The van der Waals surface area contributed by atoms with E-state index in [0.717, 1.165) is 30.3 Å². The highest BCUT2D eigenvalue weighted by Gasteiger charge is 2.34. The zero-order chi connectivity index (χ0) is 10.4. The molecule has 0 spiro atoms. The lowest BCUT2D eigenvalue weighted by Gasteiger charge is -2.28. The van der Waals surface area contributed by atoms with Crippen molar-refractivity contribution in [1.29, 1.82) is 0 Å². The Hall–Kier alpha value is -0.570. The third-order valence-electron chi connectivity index (χ3n) is 3.43. The van der Waals surface area contributed by atoms with Crippen LogP contribution in [0, 0.1) is 6.92 Å². The lowest BCUT2D eigenvalue weighted by molar-refractivity contribution is 0.0299. The van der Waals surface area contributed by atoms with E-state index in [4.69, 9.17) is 16.3 Å². The molecule has 2 aliphatic rings. The Bertz CT molecular complexity index is 405. The van der Waals surface area contributed by atoms with Crippen LogP contribution in [-0.4, -0.2) is 19.2 Å². The van der Waals surface area contributed by atoms with Crippen molar-refractivity contribution in [1.82, 2.24) is 5.32 Å². The number of hydrogen-bond donors (Lipinski definition) is 1. The average molecular weight is 224 g/mol. The number of ether oxygens (including phenoxy) is 1. The lowest BCUT2D eigenvalue weighted by atomic mass is 9.89. The summed E-state index contributed by atoms with van der Waals surface area (Å²) in [5.74, 6) is 0.492. The van der Waals surface area contributed by atoms with Crippen molar-refractivity contribution in [3.63, 3.8) is 0 Å². The maximum atomic E-state index is 6.17. The molecule has 3 heteroatoms. The highest BCUT2D eigenvalue weighted by Crippen LogP contribution is 2.36. The Morgan fingerprint density at radius 3 is 3.13 bits per heavy atom. The minimum atomic E-state index is 0.344. The summed E-state index contributed by atoms with van der Waals surface area (Å²) in [6.07, 6.45) is 0.344. The van der Waals surface area contributed by atoms with Gasteiger partial charge in [0.2, 0.25) is 0 Å². The van der Waals surface area contributed by atoms with Gasteiger partial charge in [0.1, 0.15) is 0 Å². The Balaban J connectivity index is 2.09. The number of nitrogens with one attached hydrogen (secondary N) is 1. The van der Waals surface area contributed by atoms with Crippen LogP contribution in [0.1, 0.15) is 22.6 Å². The number of halogens is 1. The highest BCUT2D eigenvalue weighted by molar-refractivity contribution is 6.31. The molecule has 2 aliphatic heterocycles. The van der Waals surface area contributed by atoms with Crippen molar-refractivity contribution >= 4 is 11.6 Å². The third kappa shape index (κ3) is 1.48. The van der Waals surface area contributed by atoms with Gasteiger partial charge in [0.15, 0.2) is 0 Å². The van der Waals surface area contributed by atoms with Gasteiger partial charge in [0, 0.05) is 24.0 Å². The molecule has 80 valence electrons. The minimum Gasteiger partial charge on any atom is -0.372 e. The quantitative estimate of drug-likeness (QED) is 0.729. The molecule has 1 fully saturated rings. The van der Waals surface area contributed by atoms with E-state index in [1.807, 2.05) is 6.92 Å². The molecule has 0 saturated carbocycles. The molecule has 1 N–H and O–H groups in total. The van der Waals surface area contributed by atoms with Gasteiger partial charge in [0.05, 0.1) is 12.7 Å². The largest absolute Gasteiger partial charge is 0.372 e. The van der Waals surface area contributed by atoms with E-state index in [1.165, 1.54) is 11.1 Å². The number of aryl methyl sites for hydroxylation is 1. The van der Waals surface area contributed by atoms with Crippen molar-refractivity contribution in [3.8, 4) is 0 Å². The third-order valence-corrected chi connectivity index (χ3v) is 3.84. The zero-order valence-electron chi connectivity index (χ0n) is 8.72. The first-order valence-corrected chi connectivity index (χ1v) is 5.75. The Morgan fingerprint density at radius 1 is 1.40 bits per heavy atom. The molecule has 2 nitrogen and oxygen atoms in total. The molecule has 2 heterocycles. The first-order valence-electron chi connectivity index (χ1n) is 5.37. The summed E-state index contributed by atoms with van der Waals surface area (Å²) in [4.78, 5) is 0. The van der Waals surface area contributed by atoms with E-state index >= 15 is 0 Å². The van der Waals surface area contributed by atoms with Crippen LogP contribution in [0.5, 0.6) is 0 Å². The van der Waals surface area contributed by atoms with Gasteiger partial charge in [-0.2, -0.15) is 0 Å². The predicted octanol–water partition coefficient (Wildman–Crippen LogP) is 2.23. The van der Waals surface area contributed by atoms with Crippen LogP contribution in [0.4, 0.5) is 0 Å². The normalized spacial score (nSPS) is 28.7. The van der Waals surface area contributed by atoms with Crippen LogP contribution in [0.25, 0.3) is 0 Å². The minimum absolute atomic E-state index is 0.344. The second kappa shape index (κ2) is 3.48. The SMILES string of the molecule is Cc1cc2c(cc1Cl)[C@@H]1CNC[C@@H]1OC2. The van der Waals surface area contributed by atoms with Crippen LogP contribution in [0.15, 0.2) is 12.1 Å². The van der Waals surface area contributed by atoms with Crippen LogP contribution in [-0.2, 0) is 11.3 Å². The summed E-state index contributed by atoms with van der Waals surface area (Å²) in [6.45, 7) is 4.75. The van der Waals surface area contributed by atoms with Gasteiger partial charge >= 0.3 is 0 Å². The molecular weight excluding hydrogens is 210 g/mol. The van der Waals surface area contributed by atoms with E-state index < -0.39 is 0 Å². The molecule has 1 aromatic carbocycles. The van der Waals surface area contributed by atoms with E-state index in [2.05, 4.69) is 17.4 Å². The molecule has 1 saturated heterocycles. The Kier molecular flexibility index (Phi) is 2.23. The van der Waals surface area contributed by atoms with Crippen molar-refractivity contribution in [2.24, 2.45) is 0 Å². The summed E-state index contributed by atoms with van der Waals surface area (Å²) in [7, 11) is 0. The van der Waals surface area contributed by atoms with Crippen LogP contribution < -0.4 is 5.32 Å². The Morgan fingerprint density at radius 2 is 2.27 bits per heavy atom. The molecule has 2 atom stereocenters. The van der Waals surface area contributed by atoms with Gasteiger partial charge in [-0.3, -0.25) is 0 Å². The fourth-order valence-corrected chi connectivity index (χ4v) is 2.74. The molecule has 0 aromatic heterocycles. The molecule has 3 rings (SSSR count). The Labute approximate surface area is 94.6 Å². The number of fused-ring (bicyclic) bond motifs is 3. The number of hydrogen-bond acceptors (Lipinski definition) is 2. The molecule has 1 aromatic rings. The predicted molar refractivity (Wildman–Crippen MR) is 60.4 cm³/mol. The fourth-order valence-electron chi connectivity index (χ4n) is 2.56. The molecule has 0 radical (unpaired) electrons. The number of benzene rings is 1. The van der Waals surface area contributed by atoms with E-state index in [0.29, 0.717) is 12.0 Å². The maximum absolute atomic E-state index is 6.17. The van der Waals surface area contributed by atoms with Gasteiger partial charge in [-0.1, -0.05) is 17.7 Å². The van der Waals surface area contributed by atoms with E-state index in [-0.39, 0.29) is 0 Å². The van der Waals surface area contributed by atoms with E-state index in [1.54, 1.807) is 0 Å². The number of rotatable bonds is 0. The molecule has 0 bridgehead atoms. The van der Waals surface area contributed by atoms with E-state index in [9.17, 15) is 0 Å². The van der Waals surface area contributed by atoms with Crippen LogP contribution in [0.2, 0.25) is 5.02 Å². The fraction of sp³-hybridized carbons (Fsp3) is 0.500. The standard InChI is InChI=1S/C12H14ClNO/c1-7-2-8-6-15-12-5-14-4-10(12)9(8)3-11(7)13/h2-3,10,12,14H,4-6H2,1H3/t10-,12-/m0/s1. The topological polar surface area (TPSA) is 21.3 Å². The molecule has 0 unspecified atom stereocenters. The van der Waals surface area contributed by atoms with Crippen LogP contribution >= 0.6 is 11.6 Å². The zero-order valence-corrected chi connectivity index (χ0v) is 9.47. The monoisotopic (exact) mass is 223 g/mol. The van der Waals surface area contributed by atoms with Crippen molar-refractivity contribution in [2.45, 2.75) is 25.6 Å². The van der Waals surface area contributed by atoms with Gasteiger partial charge in [0.25, 0.3) is 0 Å². The van der Waals surface area contributed by atoms with Crippen molar-refractivity contribution < 1.29 is 4.74 Å². The molecule has 0 amide bonds. The van der Waals surface area contributed by atoms with Crippen LogP contribution in [0.3, 0.4) is 0 Å². The summed E-state index contributed by atoms with van der Waals surface area (Å²) < 4.78 is 5.82. The molecule has 15 heavy (non-hydrogen) atoms. The molecule has 0 aliphatic carbocycles. The summed E-state index contributed by atoms with van der Waals surface area (Å²) in [6, 6.07) is 4.28. The van der Waals surface area contributed by atoms with Gasteiger partial charge in [-0.25, -0.2) is 0 Å². The highest BCUT2D eigenvalue weighted by atomic mass is 35.5. The first kappa shape index (κ1) is 9.64. The lowest BCUT2D eigenvalue weighted by Crippen LogP contribution is -2.26. The second-order valence-electron chi connectivity index (χ2n) is 4.41. The van der Waals surface area contributed by atoms with Gasteiger partial charge in [-0.05, 0) is 29.7 Å². The van der Waals surface area contributed by atoms with Gasteiger partial charge < -0.3 is 10.1 Å². The summed E-state index contributed by atoms with van der Waals surface area (Å²) >= 11 is 6.17. The van der Waals surface area contributed by atoms with Crippen molar-refractivity contribution in [2.75, 3.05) is 13.1 Å². The summed E-state index contributed by atoms with van der Waals surface area (Å²) in [5, 5.41) is 4.25.